The van der Waals surface area contributed by atoms with E-state index in [2.05, 4.69) is 0 Å². The van der Waals surface area contributed by atoms with Gasteiger partial charge in [0.2, 0.25) is 5.91 Å². The minimum Gasteiger partial charge on any atom is -0.396 e. The van der Waals surface area contributed by atoms with Crippen molar-refractivity contribution < 1.29 is 9.90 Å². The Kier molecular flexibility index (Phi) is 5.83. The lowest BCUT2D eigenvalue weighted by Crippen LogP contribution is -2.44. The molecule has 0 rings (SSSR count). The van der Waals surface area contributed by atoms with Crippen molar-refractivity contribution in [3.05, 3.63) is 0 Å². The summed E-state index contributed by atoms with van der Waals surface area (Å²) in [5.41, 5.74) is 5.34. The van der Waals surface area contributed by atoms with Crippen LogP contribution in [0.3, 0.4) is 0 Å². The fourth-order valence-electron chi connectivity index (χ4n) is 1.40. The molecule has 4 nitrogen and oxygen atoms in total. The second kappa shape index (κ2) is 6.08. The Labute approximate surface area is 92.4 Å². The van der Waals surface area contributed by atoms with Crippen LogP contribution in [0.15, 0.2) is 0 Å². The number of rotatable bonds is 6. The molecule has 3 N–H and O–H groups in total. The van der Waals surface area contributed by atoms with Crippen LogP contribution in [0, 0.1) is 0 Å². The second-order valence-corrected chi connectivity index (χ2v) is 4.92. The van der Waals surface area contributed by atoms with E-state index in [9.17, 15) is 4.79 Å². The van der Waals surface area contributed by atoms with Crippen LogP contribution in [0.1, 0.15) is 40.5 Å². The molecule has 15 heavy (non-hydrogen) atoms. The fourth-order valence-corrected chi connectivity index (χ4v) is 1.40. The lowest BCUT2D eigenvalue weighted by Gasteiger charge is -2.29. The van der Waals surface area contributed by atoms with Crippen molar-refractivity contribution in [3.63, 3.8) is 0 Å². The molecule has 0 saturated carbocycles. The first-order valence-corrected chi connectivity index (χ1v) is 5.47. The van der Waals surface area contributed by atoms with E-state index in [0.717, 1.165) is 0 Å². The Hall–Kier alpha value is -0.610. The van der Waals surface area contributed by atoms with Crippen molar-refractivity contribution in [2.24, 2.45) is 5.73 Å². The zero-order chi connectivity index (χ0) is 12.1. The van der Waals surface area contributed by atoms with Gasteiger partial charge in [0.05, 0.1) is 0 Å². The number of amides is 1. The van der Waals surface area contributed by atoms with E-state index in [4.69, 9.17) is 10.8 Å². The van der Waals surface area contributed by atoms with Gasteiger partial charge in [-0.05, 0) is 34.1 Å². The summed E-state index contributed by atoms with van der Waals surface area (Å²) in [7, 11) is 0. The third-order valence-corrected chi connectivity index (χ3v) is 2.11. The predicted molar refractivity (Wildman–Crippen MR) is 61.4 cm³/mol. The highest BCUT2D eigenvalue weighted by atomic mass is 16.3. The van der Waals surface area contributed by atoms with Gasteiger partial charge in [0.25, 0.3) is 0 Å². The first-order chi connectivity index (χ1) is 6.78. The average molecular weight is 216 g/mol. The molecular formula is C11H24N2O2. The number of nitrogens with zero attached hydrogens (tertiary/aromatic N) is 1. The molecule has 0 aromatic carbocycles. The molecule has 0 saturated heterocycles. The molecule has 0 unspecified atom stereocenters. The van der Waals surface area contributed by atoms with Crippen LogP contribution in [0.4, 0.5) is 0 Å². The highest BCUT2D eigenvalue weighted by molar-refractivity contribution is 5.77. The molecule has 0 aliphatic rings. The van der Waals surface area contributed by atoms with Gasteiger partial charge in [0, 0.05) is 31.2 Å². The zero-order valence-corrected chi connectivity index (χ0v) is 10.3. The van der Waals surface area contributed by atoms with Crippen LogP contribution < -0.4 is 5.73 Å². The van der Waals surface area contributed by atoms with E-state index in [1.54, 1.807) is 4.90 Å². The molecule has 1 amide bonds. The topological polar surface area (TPSA) is 66.6 Å². The quantitative estimate of drug-likeness (QED) is 0.688. The molecule has 0 bridgehead atoms. The highest BCUT2D eigenvalue weighted by Gasteiger charge is 2.22. The van der Waals surface area contributed by atoms with Gasteiger partial charge in [-0.15, -0.1) is 0 Å². The van der Waals surface area contributed by atoms with Crippen molar-refractivity contribution in [2.75, 3.05) is 13.2 Å². The molecule has 0 heterocycles. The summed E-state index contributed by atoms with van der Waals surface area (Å²) in [6.45, 7) is 8.34. The van der Waals surface area contributed by atoms with Gasteiger partial charge in [-0.1, -0.05) is 0 Å². The second-order valence-electron chi connectivity index (χ2n) is 4.92. The molecule has 0 radical (unpaired) electrons. The molecule has 90 valence electrons. The summed E-state index contributed by atoms with van der Waals surface area (Å²) >= 11 is 0. The molecule has 0 aromatic heterocycles. The molecule has 0 aliphatic heterocycles. The molecular weight excluding hydrogens is 192 g/mol. The van der Waals surface area contributed by atoms with Crippen molar-refractivity contribution in [1.82, 2.24) is 4.90 Å². The summed E-state index contributed by atoms with van der Waals surface area (Å²) in [5, 5.41) is 8.75. The van der Waals surface area contributed by atoms with Crippen molar-refractivity contribution in [1.29, 1.82) is 0 Å². The van der Waals surface area contributed by atoms with E-state index in [1.165, 1.54) is 0 Å². The summed E-state index contributed by atoms with van der Waals surface area (Å²) in [6, 6.07) is 0.159. The largest absolute Gasteiger partial charge is 0.396 e. The SMILES string of the molecule is CC(C)N(CCCO)C(=O)CC(C)(C)N. The number of hydrogen-bond donors (Lipinski definition) is 2. The van der Waals surface area contributed by atoms with Gasteiger partial charge in [-0.25, -0.2) is 0 Å². The molecule has 0 fully saturated rings. The molecule has 0 aliphatic carbocycles. The fraction of sp³-hybridized carbons (Fsp3) is 0.909. The minimum absolute atomic E-state index is 0.0611. The molecule has 4 heteroatoms. The van der Waals surface area contributed by atoms with Gasteiger partial charge in [-0.2, -0.15) is 0 Å². The summed E-state index contributed by atoms with van der Waals surface area (Å²) in [5.74, 6) is 0.0611. The first kappa shape index (κ1) is 14.4. The Morgan fingerprint density at radius 2 is 2.00 bits per heavy atom. The smallest absolute Gasteiger partial charge is 0.224 e. The maximum atomic E-state index is 11.9. The van der Waals surface area contributed by atoms with E-state index in [1.807, 2.05) is 27.7 Å². The van der Waals surface area contributed by atoms with E-state index in [-0.39, 0.29) is 18.6 Å². The van der Waals surface area contributed by atoms with Crippen LogP contribution in [-0.2, 0) is 4.79 Å². The molecule has 0 aromatic rings. The maximum absolute atomic E-state index is 11.9. The van der Waals surface area contributed by atoms with E-state index in [0.29, 0.717) is 19.4 Å². The van der Waals surface area contributed by atoms with Crippen molar-refractivity contribution >= 4 is 5.91 Å². The number of nitrogens with two attached hydrogens (primary N) is 1. The number of aliphatic hydroxyl groups excluding tert-OH is 1. The van der Waals surface area contributed by atoms with Crippen LogP contribution in [0.25, 0.3) is 0 Å². The number of carbonyl (C=O) groups is 1. The van der Waals surface area contributed by atoms with Crippen LogP contribution >= 0.6 is 0 Å². The lowest BCUT2D eigenvalue weighted by atomic mass is 10.0. The van der Waals surface area contributed by atoms with E-state index < -0.39 is 5.54 Å². The Morgan fingerprint density at radius 3 is 2.33 bits per heavy atom. The molecule has 0 atom stereocenters. The monoisotopic (exact) mass is 216 g/mol. The summed E-state index contributed by atoms with van der Waals surface area (Å²) < 4.78 is 0. The van der Waals surface area contributed by atoms with Gasteiger partial charge in [0.15, 0.2) is 0 Å². The highest BCUT2D eigenvalue weighted by Crippen LogP contribution is 2.10. The first-order valence-electron chi connectivity index (χ1n) is 5.47. The third-order valence-electron chi connectivity index (χ3n) is 2.11. The standard InChI is InChI=1S/C11H24N2O2/c1-9(2)13(6-5-7-14)10(15)8-11(3,4)12/h9,14H,5-8,12H2,1-4H3. The van der Waals surface area contributed by atoms with Crippen molar-refractivity contribution in [2.45, 2.75) is 52.1 Å². The maximum Gasteiger partial charge on any atom is 0.224 e. The average Bonchev–Trinajstić information content (AvgIpc) is 2.00. The normalized spacial score (nSPS) is 11.9. The number of hydrogen-bond acceptors (Lipinski definition) is 3. The number of aliphatic hydroxyl groups is 1. The van der Waals surface area contributed by atoms with Gasteiger partial charge >= 0.3 is 0 Å². The lowest BCUT2D eigenvalue weighted by molar-refractivity contribution is -0.134. The summed E-state index contributed by atoms with van der Waals surface area (Å²) in [4.78, 5) is 13.6. The molecule has 0 spiro atoms. The third kappa shape index (κ3) is 6.47. The number of carbonyl (C=O) groups excluding carboxylic acids is 1. The van der Waals surface area contributed by atoms with Crippen molar-refractivity contribution in [3.8, 4) is 0 Å². The van der Waals surface area contributed by atoms with Crippen LogP contribution in [0.5, 0.6) is 0 Å². The van der Waals surface area contributed by atoms with E-state index >= 15 is 0 Å². The Morgan fingerprint density at radius 1 is 1.47 bits per heavy atom. The summed E-state index contributed by atoms with van der Waals surface area (Å²) in [6.07, 6.45) is 0.964. The van der Waals surface area contributed by atoms with Crippen LogP contribution in [-0.4, -0.2) is 40.6 Å². The zero-order valence-electron chi connectivity index (χ0n) is 10.3. The van der Waals surface area contributed by atoms with Gasteiger partial charge < -0.3 is 15.7 Å². The minimum atomic E-state index is -0.469. The van der Waals surface area contributed by atoms with Gasteiger partial charge in [0.1, 0.15) is 0 Å². The van der Waals surface area contributed by atoms with Crippen LogP contribution in [0.2, 0.25) is 0 Å². The Bertz CT molecular complexity index is 197. The van der Waals surface area contributed by atoms with Gasteiger partial charge in [-0.3, -0.25) is 4.79 Å². The predicted octanol–water partition coefficient (Wildman–Crippen LogP) is 0.733. The Balaban J connectivity index is 4.29.